The fraction of sp³-hybridized carbons (Fsp3) is 0.111. The maximum Gasteiger partial charge on any atom is 0.146 e. The molecule has 0 radical (unpaired) electrons. The number of hydrogen-bond acceptors (Lipinski definition) is 3. The van der Waals surface area contributed by atoms with E-state index in [-0.39, 0.29) is 0 Å². The second-order valence-corrected chi connectivity index (χ2v) is 2.38. The number of benzene rings is 1. The first-order valence-electron chi connectivity index (χ1n) is 3.65. The monoisotopic (exact) mass is 160 g/mol. The smallest absolute Gasteiger partial charge is 0.146 e. The van der Waals surface area contributed by atoms with Crippen LogP contribution in [0.5, 0.6) is 5.75 Å². The van der Waals surface area contributed by atoms with E-state index in [2.05, 4.69) is 9.97 Å². The molecule has 0 amide bonds. The van der Waals surface area contributed by atoms with Gasteiger partial charge in [-0.15, -0.1) is 0 Å². The minimum Gasteiger partial charge on any atom is -0.494 e. The van der Waals surface area contributed by atoms with Crippen molar-refractivity contribution in [1.29, 1.82) is 0 Å². The second kappa shape index (κ2) is 2.77. The minimum atomic E-state index is 0.764. The zero-order valence-corrected chi connectivity index (χ0v) is 6.69. The van der Waals surface area contributed by atoms with Crippen molar-refractivity contribution in [3.8, 4) is 5.75 Å². The van der Waals surface area contributed by atoms with Gasteiger partial charge in [0.05, 0.1) is 12.6 Å². The number of rotatable bonds is 1. The summed E-state index contributed by atoms with van der Waals surface area (Å²) in [6.45, 7) is 0. The number of methoxy groups -OCH3 is 1. The molecule has 1 aromatic carbocycles. The second-order valence-electron chi connectivity index (χ2n) is 2.38. The van der Waals surface area contributed by atoms with Crippen LogP contribution in [0, 0.1) is 0 Å². The molecule has 1 aromatic heterocycles. The molecule has 1 heterocycles. The standard InChI is InChI=1S/C9H8N2O/c1-12-8-4-2-3-7-9(8)11-6-5-10-7/h2-6H,1H3. The highest BCUT2D eigenvalue weighted by molar-refractivity contribution is 5.80. The zero-order chi connectivity index (χ0) is 8.39. The Bertz CT molecular complexity index is 395. The zero-order valence-electron chi connectivity index (χ0n) is 6.69. The van der Waals surface area contributed by atoms with Crippen LogP contribution < -0.4 is 4.74 Å². The lowest BCUT2D eigenvalue weighted by molar-refractivity contribution is 0.419. The molecule has 2 aromatic rings. The Hall–Kier alpha value is -1.64. The normalized spacial score (nSPS) is 10.1. The molecule has 0 N–H and O–H groups in total. The van der Waals surface area contributed by atoms with Gasteiger partial charge in [-0.3, -0.25) is 4.98 Å². The Morgan fingerprint density at radius 2 is 2.00 bits per heavy atom. The Morgan fingerprint density at radius 3 is 2.83 bits per heavy atom. The van der Waals surface area contributed by atoms with E-state index in [0.29, 0.717) is 0 Å². The quantitative estimate of drug-likeness (QED) is 0.636. The van der Waals surface area contributed by atoms with Crippen molar-refractivity contribution in [3.63, 3.8) is 0 Å². The van der Waals surface area contributed by atoms with Crippen LogP contribution in [0.3, 0.4) is 0 Å². The van der Waals surface area contributed by atoms with Crippen LogP contribution in [0.15, 0.2) is 30.6 Å². The van der Waals surface area contributed by atoms with Gasteiger partial charge >= 0.3 is 0 Å². The lowest BCUT2D eigenvalue weighted by Gasteiger charge is -2.01. The summed E-state index contributed by atoms with van der Waals surface area (Å²) < 4.78 is 5.12. The highest BCUT2D eigenvalue weighted by Gasteiger charge is 2.00. The van der Waals surface area contributed by atoms with Crippen LogP contribution in [0.25, 0.3) is 11.0 Å². The Balaban J connectivity index is 2.79. The summed E-state index contributed by atoms with van der Waals surface area (Å²) in [5, 5.41) is 0. The highest BCUT2D eigenvalue weighted by atomic mass is 16.5. The minimum absolute atomic E-state index is 0.764. The van der Waals surface area contributed by atoms with Gasteiger partial charge in [-0.1, -0.05) is 6.07 Å². The first-order valence-corrected chi connectivity index (χ1v) is 3.65. The number of ether oxygens (including phenoxy) is 1. The Morgan fingerprint density at radius 1 is 1.17 bits per heavy atom. The molecule has 0 aliphatic heterocycles. The molecule has 0 aliphatic carbocycles. The van der Waals surface area contributed by atoms with E-state index in [4.69, 9.17) is 4.74 Å². The van der Waals surface area contributed by atoms with E-state index in [1.54, 1.807) is 19.5 Å². The van der Waals surface area contributed by atoms with Crippen molar-refractivity contribution >= 4 is 11.0 Å². The summed E-state index contributed by atoms with van der Waals surface area (Å²) in [4.78, 5) is 8.31. The lowest BCUT2D eigenvalue weighted by Crippen LogP contribution is -1.87. The van der Waals surface area contributed by atoms with E-state index in [0.717, 1.165) is 16.8 Å². The van der Waals surface area contributed by atoms with E-state index in [1.807, 2.05) is 18.2 Å². The summed E-state index contributed by atoms with van der Waals surface area (Å²) in [6.07, 6.45) is 3.33. The number of fused-ring (bicyclic) bond motifs is 1. The molecule has 0 bridgehead atoms. The molecule has 0 aliphatic rings. The number of hydrogen-bond donors (Lipinski definition) is 0. The number of para-hydroxylation sites is 1. The van der Waals surface area contributed by atoms with Crippen LogP contribution in [0.2, 0.25) is 0 Å². The van der Waals surface area contributed by atoms with E-state index in [9.17, 15) is 0 Å². The van der Waals surface area contributed by atoms with Crippen molar-refractivity contribution in [3.05, 3.63) is 30.6 Å². The van der Waals surface area contributed by atoms with Crippen LogP contribution >= 0.6 is 0 Å². The first-order chi connectivity index (χ1) is 5.92. The first kappa shape index (κ1) is 7.03. The van der Waals surface area contributed by atoms with Gasteiger partial charge in [-0.2, -0.15) is 0 Å². The van der Waals surface area contributed by atoms with Gasteiger partial charge in [-0.05, 0) is 12.1 Å². The molecule has 2 rings (SSSR count). The van der Waals surface area contributed by atoms with Crippen LogP contribution in [-0.2, 0) is 0 Å². The molecular weight excluding hydrogens is 152 g/mol. The molecule has 0 spiro atoms. The third-order valence-electron chi connectivity index (χ3n) is 1.68. The van der Waals surface area contributed by atoms with Gasteiger partial charge in [0.1, 0.15) is 11.3 Å². The Kier molecular flexibility index (Phi) is 1.63. The SMILES string of the molecule is COc1cccc2nccnc12. The topological polar surface area (TPSA) is 35.0 Å². The number of aromatic nitrogens is 2. The number of nitrogens with zero attached hydrogens (tertiary/aromatic N) is 2. The largest absolute Gasteiger partial charge is 0.494 e. The molecule has 3 heteroatoms. The maximum atomic E-state index is 5.12. The molecule has 3 nitrogen and oxygen atoms in total. The molecule has 60 valence electrons. The molecule has 12 heavy (non-hydrogen) atoms. The predicted molar refractivity (Wildman–Crippen MR) is 46.1 cm³/mol. The third-order valence-corrected chi connectivity index (χ3v) is 1.68. The maximum absolute atomic E-state index is 5.12. The molecule has 0 atom stereocenters. The predicted octanol–water partition coefficient (Wildman–Crippen LogP) is 1.64. The van der Waals surface area contributed by atoms with Gasteiger partial charge in [0, 0.05) is 12.4 Å². The fourth-order valence-electron chi connectivity index (χ4n) is 1.13. The van der Waals surface area contributed by atoms with Crippen molar-refractivity contribution in [2.24, 2.45) is 0 Å². The van der Waals surface area contributed by atoms with Gasteiger partial charge in [-0.25, -0.2) is 4.98 Å². The van der Waals surface area contributed by atoms with Crippen molar-refractivity contribution in [2.45, 2.75) is 0 Å². The van der Waals surface area contributed by atoms with Crippen LogP contribution in [0.4, 0.5) is 0 Å². The van der Waals surface area contributed by atoms with Crippen molar-refractivity contribution in [2.75, 3.05) is 7.11 Å². The average Bonchev–Trinajstić information content (AvgIpc) is 2.17. The molecule has 0 saturated heterocycles. The Labute approximate surface area is 70.0 Å². The van der Waals surface area contributed by atoms with Crippen LogP contribution in [-0.4, -0.2) is 17.1 Å². The average molecular weight is 160 g/mol. The fourth-order valence-corrected chi connectivity index (χ4v) is 1.13. The van der Waals surface area contributed by atoms with Gasteiger partial charge < -0.3 is 4.74 Å². The van der Waals surface area contributed by atoms with Gasteiger partial charge in [0.2, 0.25) is 0 Å². The summed E-state index contributed by atoms with van der Waals surface area (Å²) in [5.74, 6) is 0.764. The van der Waals surface area contributed by atoms with Gasteiger partial charge in [0.15, 0.2) is 0 Å². The van der Waals surface area contributed by atoms with E-state index >= 15 is 0 Å². The van der Waals surface area contributed by atoms with Crippen LogP contribution in [0.1, 0.15) is 0 Å². The molecule has 0 fully saturated rings. The third kappa shape index (κ3) is 0.993. The highest BCUT2D eigenvalue weighted by Crippen LogP contribution is 2.20. The van der Waals surface area contributed by atoms with E-state index < -0.39 is 0 Å². The summed E-state index contributed by atoms with van der Waals surface area (Å²) >= 11 is 0. The van der Waals surface area contributed by atoms with Crippen molar-refractivity contribution < 1.29 is 4.74 Å². The summed E-state index contributed by atoms with van der Waals surface area (Å²) in [7, 11) is 1.63. The molecule has 0 unspecified atom stereocenters. The lowest BCUT2D eigenvalue weighted by atomic mass is 10.3. The molecule has 0 saturated carbocycles. The summed E-state index contributed by atoms with van der Waals surface area (Å²) in [6, 6.07) is 5.68. The van der Waals surface area contributed by atoms with E-state index in [1.165, 1.54) is 0 Å². The van der Waals surface area contributed by atoms with Gasteiger partial charge in [0.25, 0.3) is 0 Å². The molecular formula is C9H8N2O. The van der Waals surface area contributed by atoms with Crippen molar-refractivity contribution in [1.82, 2.24) is 9.97 Å². The summed E-state index contributed by atoms with van der Waals surface area (Å²) in [5.41, 5.74) is 1.67.